The van der Waals surface area contributed by atoms with Crippen LogP contribution in [0.3, 0.4) is 0 Å². The fourth-order valence-corrected chi connectivity index (χ4v) is 10.0. The quantitative estimate of drug-likeness (QED) is 0.0328. The predicted octanol–water partition coefficient (Wildman–Crippen LogP) is 2.37. The first-order chi connectivity index (χ1) is 34.9. The van der Waals surface area contributed by atoms with Crippen molar-refractivity contribution in [1.82, 2.24) is 30.2 Å². The van der Waals surface area contributed by atoms with Crippen LogP contribution < -0.4 is 35.9 Å². The summed E-state index contributed by atoms with van der Waals surface area (Å²) in [5.41, 5.74) is 4.05. The van der Waals surface area contributed by atoms with Gasteiger partial charge in [0.2, 0.25) is 11.8 Å². The second-order valence-corrected chi connectivity index (χ2v) is 22.3. The number of anilines is 1. The molecule has 414 valence electrons. The Hall–Kier alpha value is -4.04. The standard InChI is InChI=1S/C45H70N7O18P3S/c1-4-5-6-7-8-9-10-11-12-13-14-15-16-17-18-19-20-21-22-23-33(53)28-36(55)74-27-26-47-35(54)24-25-48-43(58)40(57)45(2,3)30-67-73(64,65)70-72(62,63)66-29-34-39(69-71(59,60)61)38(56)44(68-34)52-32-51-37-41(46)49-31-50-42(37)52/h5-6,8-9,11-12,14-15,17-18,20-21,31-34,38-40,44,53,56-57H,4,7,10,13,16,19,22-30H2,1-3H3,(H,47,54)(H,48,58)(H,62,63)(H,64,65)(H2,46,49,50)(H2,59,60,61)/p-4/b6-5-,9-8-,12-11-,15-14-,18-17-,21-20-/t33-,34-,38-,39-,40+,44-/m1/s1. The molecule has 1 fully saturated rings. The molecular weight excluding hydrogens is 1050 g/mol. The van der Waals surface area contributed by atoms with Crippen LogP contribution in [0.2, 0.25) is 0 Å². The molecule has 7 N–H and O–H groups in total. The molecule has 0 aromatic carbocycles. The molecule has 2 unspecified atom stereocenters. The topological polar surface area (TPSA) is 395 Å². The predicted molar refractivity (Wildman–Crippen MR) is 266 cm³/mol. The molecule has 0 saturated carbocycles. The van der Waals surface area contributed by atoms with Gasteiger partial charge in [-0.2, -0.15) is 0 Å². The largest absolute Gasteiger partial charge is 0.790 e. The Labute approximate surface area is 433 Å². The molecule has 0 spiro atoms. The number of nitrogens with zero attached hydrogens (tertiary/aromatic N) is 4. The second-order valence-electron chi connectivity index (χ2n) is 17.1. The van der Waals surface area contributed by atoms with Crippen molar-refractivity contribution in [2.45, 2.75) is 122 Å². The number of imidazole rings is 1. The Morgan fingerprint density at radius 1 is 0.865 bits per heavy atom. The Morgan fingerprint density at radius 2 is 1.45 bits per heavy atom. The number of rotatable bonds is 35. The molecule has 2 amide bonds. The Kier molecular flexibility index (Phi) is 28.2. The molecule has 0 aliphatic carbocycles. The van der Waals surface area contributed by atoms with E-state index >= 15 is 0 Å². The number of nitrogens with two attached hydrogens (primary N) is 1. The van der Waals surface area contributed by atoms with Crippen molar-refractivity contribution in [1.29, 1.82) is 0 Å². The average molecular weight is 1120 g/mol. The van der Waals surface area contributed by atoms with Crippen molar-refractivity contribution in [2.75, 3.05) is 37.8 Å². The number of allylic oxidation sites excluding steroid dienone is 12. The van der Waals surface area contributed by atoms with E-state index in [0.717, 1.165) is 67.5 Å². The summed E-state index contributed by atoms with van der Waals surface area (Å²) in [6.45, 7) is 2.05. The third-order valence-corrected chi connectivity index (χ3v) is 14.3. The van der Waals surface area contributed by atoms with Gasteiger partial charge in [0, 0.05) is 37.1 Å². The minimum atomic E-state index is -5.94. The summed E-state index contributed by atoms with van der Waals surface area (Å²) in [6.07, 6.45) is 23.2. The Morgan fingerprint density at radius 3 is 2.04 bits per heavy atom. The van der Waals surface area contributed by atoms with Crippen LogP contribution in [0.25, 0.3) is 11.2 Å². The van der Waals surface area contributed by atoms with Gasteiger partial charge in [-0.15, -0.1) is 0 Å². The molecule has 1 aliphatic heterocycles. The van der Waals surface area contributed by atoms with E-state index in [-0.39, 0.29) is 53.8 Å². The van der Waals surface area contributed by atoms with E-state index in [9.17, 15) is 63.0 Å². The zero-order chi connectivity index (χ0) is 54.8. The highest BCUT2D eigenvalue weighted by Gasteiger charge is 2.47. The number of nitrogens with one attached hydrogen (secondary N) is 2. The molecule has 3 heterocycles. The highest BCUT2D eigenvalue weighted by Crippen LogP contribution is 2.56. The number of carbonyl (C=O) groups excluding carboxylic acids is 3. The van der Waals surface area contributed by atoms with Crippen molar-refractivity contribution in [3.05, 3.63) is 85.6 Å². The van der Waals surface area contributed by atoms with Crippen LogP contribution in [-0.4, -0.2) is 114 Å². The molecular formula is C45H66N7O18P3S-4. The number of hydrogen-bond donors (Lipinski definition) is 6. The normalized spacial score (nSPS) is 20.4. The van der Waals surface area contributed by atoms with Crippen LogP contribution >= 0.6 is 35.2 Å². The summed E-state index contributed by atoms with van der Waals surface area (Å²) in [5, 5.41) is 36.4. The zero-order valence-electron chi connectivity index (χ0n) is 41.2. The van der Waals surface area contributed by atoms with Crippen LogP contribution in [0.1, 0.15) is 91.2 Å². The maximum atomic E-state index is 12.7. The third-order valence-electron chi connectivity index (χ3n) is 10.4. The number of nitrogen functional groups attached to an aromatic ring is 1. The van der Waals surface area contributed by atoms with Gasteiger partial charge in [-0.1, -0.05) is 105 Å². The van der Waals surface area contributed by atoms with Gasteiger partial charge in [0.25, 0.3) is 15.6 Å². The van der Waals surface area contributed by atoms with Crippen LogP contribution in [0.5, 0.6) is 0 Å². The Balaban J connectivity index is 1.28. The number of aliphatic hydroxyl groups is 3. The number of carbonyl (C=O) groups is 3. The fourth-order valence-electron chi connectivity index (χ4n) is 6.55. The van der Waals surface area contributed by atoms with E-state index in [0.29, 0.717) is 12.8 Å². The highest BCUT2D eigenvalue weighted by atomic mass is 32.2. The van der Waals surface area contributed by atoms with E-state index in [4.69, 9.17) is 10.5 Å². The monoisotopic (exact) mass is 1120 g/mol. The van der Waals surface area contributed by atoms with Gasteiger partial charge in [0.05, 0.1) is 33.5 Å². The summed E-state index contributed by atoms with van der Waals surface area (Å²) in [5.74, 6) is -1.39. The molecule has 0 bridgehead atoms. The van der Waals surface area contributed by atoms with Gasteiger partial charge in [-0.25, -0.2) is 19.3 Å². The minimum Gasteiger partial charge on any atom is -0.790 e. The van der Waals surface area contributed by atoms with Crippen molar-refractivity contribution in [3.63, 3.8) is 0 Å². The molecule has 0 radical (unpaired) electrons. The van der Waals surface area contributed by atoms with E-state index in [1.54, 1.807) is 0 Å². The summed E-state index contributed by atoms with van der Waals surface area (Å²) in [6, 6.07) is 0. The van der Waals surface area contributed by atoms with Gasteiger partial charge < -0.3 is 74.1 Å². The molecule has 25 nitrogen and oxygen atoms in total. The SMILES string of the molecule is CC/C=C\C/C=C\C/C=C\C/C=C\C/C=C\C/C=C\CC[C@@H](O)CC(=O)SCCNC(=O)CCNC(=O)[C@H](O)C(C)(C)COP(=O)([O-])OP(=O)([O-])OC[C@H]1O[C@@H](n2cnc3c(N)ncnc32)[C@H](O)[C@@H]1OP(=O)([O-])[O-]. The van der Waals surface area contributed by atoms with Crippen molar-refractivity contribution in [3.8, 4) is 0 Å². The molecule has 1 aliphatic rings. The van der Waals surface area contributed by atoms with Gasteiger partial charge in [0.15, 0.2) is 22.8 Å². The van der Waals surface area contributed by atoms with Gasteiger partial charge in [-0.05, 0) is 51.4 Å². The maximum Gasteiger partial charge on any atom is 0.274 e. The van der Waals surface area contributed by atoms with Crippen molar-refractivity contribution >= 4 is 69.1 Å². The van der Waals surface area contributed by atoms with E-state index < -0.39 is 90.7 Å². The lowest BCUT2D eigenvalue weighted by atomic mass is 9.87. The first kappa shape index (κ1) is 64.2. The van der Waals surface area contributed by atoms with Crippen LogP contribution in [0, 0.1) is 5.41 Å². The fraction of sp³-hybridized carbons (Fsp3) is 0.556. The maximum absolute atomic E-state index is 12.7. The number of amides is 2. The number of phosphoric ester groups is 3. The van der Waals surface area contributed by atoms with Crippen LogP contribution in [0.4, 0.5) is 5.82 Å². The number of hydrogen-bond acceptors (Lipinski definition) is 23. The molecule has 29 heteroatoms. The van der Waals surface area contributed by atoms with Crippen molar-refractivity contribution in [2.24, 2.45) is 5.41 Å². The summed E-state index contributed by atoms with van der Waals surface area (Å²) in [7, 11) is -17.7. The summed E-state index contributed by atoms with van der Waals surface area (Å²) >= 11 is 0.952. The number of phosphoric acid groups is 3. The molecule has 3 rings (SSSR count). The molecule has 2 aromatic heterocycles. The van der Waals surface area contributed by atoms with Gasteiger partial charge in [0.1, 0.15) is 36.3 Å². The second kappa shape index (κ2) is 32.5. The van der Waals surface area contributed by atoms with E-state index in [2.05, 4.69) is 111 Å². The van der Waals surface area contributed by atoms with E-state index in [1.165, 1.54) is 13.8 Å². The number of ether oxygens (including phenoxy) is 1. The lowest BCUT2D eigenvalue weighted by Crippen LogP contribution is -2.46. The zero-order valence-corrected chi connectivity index (χ0v) is 44.7. The first-order valence-electron chi connectivity index (χ1n) is 23.5. The summed E-state index contributed by atoms with van der Waals surface area (Å²) in [4.78, 5) is 97.0. The number of fused-ring (bicyclic) bond motifs is 1. The first-order valence-corrected chi connectivity index (χ1v) is 28.9. The molecule has 74 heavy (non-hydrogen) atoms. The average Bonchev–Trinajstić information content (AvgIpc) is 3.89. The van der Waals surface area contributed by atoms with E-state index in [1.807, 2.05) is 12.2 Å². The number of aliphatic hydroxyl groups excluding tert-OH is 3. The smallest absolute Gasteiger partial charge is 0.274 e. The molecule has 8 atom stereocenters. The van der Waals surface area contributed by atoms with Crippen LogP contribution in [0.15, 0.2) is 85.6 Å². The summed E-state index contributed by atoms with van der Waals surface area (Å²) < 4.78 is 60.8. The number of thioether (sulfide) groups is 1. The lowest BCUT2D eigenvalue weighted by Gasteiger charge is -2.36. The van der Waals surface area contributed by atoms with Crippen LogP contribution in [-0.2, 0) is 50.7 Å². The van der Waals surface area contributed by atoms with Gasteiger partial charge >= 0.3 is 0 Å². The lowest BCUT2D eigenvalue weighted by molar-refractivity contribution is -0.347. The highest BCUT2D eigenvalue weighted by molar-refractivity contribution is 8.13. The van der Waals surface area contributed by atoms with Gasteiger partial charge in [-0.3, -0.25) is 28.1 Å². The molecule has 1 saturated heterocycles. The van der Waals surface area contributed by atoms with Crippen molar-refractivity contribution < 1.29 is 85.6 Å². The minimum absolute atomic E-state index is 0.0276. The Bertz CT molecular complexity index is 2430. The third kappa shape index (κ3) is 24.7. The molecule has 2 aromatic rings. The number of aromatic nitrogens is 4.